The molecule has 0 saturated carbocycles. The maximum Gasteiger partial charge on any atom is 0.150 e. The van der Waals surface area contributed by atoms with E-state index in [0.29, 0.717) is 17.9 Å². The van der Waals surface area contributed by atoms with Gasteiger partial charge in [0.1, 0.15) is 0 Å². The summed E-state index contributed by atoms with van der Waals surface area (Å²) >= 11 is 0. The largest absolute Gasteiger partial charge is 0.382 e. The molecule has 1 aliphatic rings. The minimum atomic E-state index is 0.487. The molecule has 17 heavy (non-hydrogen) atoms. The Morgan fingerprint density at radius 2 is 1.76 bits per heavy atom. The molecule has 92 valence electrons. The highest BCUT2D eigenvalue weighted by atomic mass is 15.5. The van der Waals surface area contributed by atoms with E-state index in [4.69, 9.17) is 5.73 Å². The second kappa shape index (κ2) is 5.21. The van der Waals surface area contributed by atoms with Gasteiger partial charge in [-0.05, 0) is 33.1 Å². The number of hydrazone groups is 1. The lowest BCUT2D eigenvalue weighted by Crippen LogP contribution is -2.41. The molecule has 3 heteroatoms. The van der Waals surface area contributed by atoms with E-state index in [1.54, 1.807) is 0 Å². The van der Waals surface area contributed by atoms with Gasteiger partial charge < -0.3 is 5.73 Å². The maximum atomic E-state index is 6.06. The van der Waals surface area contributed by atoms with Gasteiger partial charge in [0.15, 0.2) is 5.84 Å². The van der Waals surface area contributed by atoms with Crippen molar-refractivity contribution < 1.29 is 0 Å². The zero-order valence-corrected chi connectivity index (χ0v) is 10.6. The number of benzene rings is 1. The third-order valence-electron chi connectivity index (χ3n) is 3.44. The van der Waals surface area contributed by atoms with Crippen LogP contribution in [0, 0.1) is 0 Å². The Hall–Kier alpha value is -1.51. The Morgan fingerprint density at radius 3 is 2.35 bits per heavy atom. The highest BCUT2D eigenvalue weighted by Crippen LogP contribution is 2.22. The van der Waals surface area contributed by atoms with Crippen molar-refractivity contribution in [2.24, 2.45) is 10.8 Å². The standard InChI is InChI=1S/C14H21N3/c1-11-7-6-8-12(2)17(11)16-14(15)13-9-4-3-5-10-13/h3-5,9-12H,6-8H2,1-2H3,(H2,15,16). The van der Waals surface area contributed by atoms with E-state index in [-0.39, 0.29) is 0 Å². The third-order valence-corrected chi connectivity index (χ3v) is 3.44. The smallest absolute Gasteiger partial charge is 0.150 e. The van der Waals surface area contributed by atoms with Crippen molar-refractivity contribution in [2.45, 2.75) is 45.2 Å². The Labute approximate surface area is 103 Å². The molecule has 2 unspecified atom stereocenters. The number of nitrogens with two attached hydrogens (primary N) is 1. The van der Waals surface area contributed by atoms with Crippen LogP contribution in [0.15, 0.2) is 35.4 Å². The van der Waals surface area contributed by atoms with E-state index < -0.39 is 0 Å². The van der Waals surface area contributed by atoms with Crippen LogP contribution < -0.4 is 5.73 Å². The Morgan fingerprint density at radius 1 is 1.18 bits per heavy atom. The van der Waals surface area contributed by atoms with Crippen LogP contribution in [0.4, 0.5) is 0 Å². The first-order chi connectivity index (χ1) is 8.18. The molecule has 0 aromatic heterocycles. The third kappa shape index (κ3) is 2.78. The van der Waals surface area contributed by atoms with Crippen molar-refractivity contribution in [1.29, 1.82) is 0 Å². The van der Waals surface area contributed by atoms with Crippen LogP contribution in [0.1, 0.15) is 38.7 Å². The predicted molar refractivity (Wildman–Crippen MR) is 71.8 cm³/mol. The molecule has 1 aromatic rings. The van der Waals surface area contributed by atoms with E-state index >= 15 is 0 Å². The van der Waals surface area contributed by atoms with Crippen molar-refractivity contribution in [1.82, 2.24) is 5.01 Å². The van der Waals surface area contributed by atoms with Gasteiger partial charge in [-0.2, -0.15) is 5.10 Å². The summed E-state index contributed by atoms with van der Waals surface area (Å²) in [4.78, 5) is 0. The van der Waals surface area contributed by atoms with Gasteiger partial charge in [0.05, 0.1) is 0 Å². The first-order valence-corrected chi connectivity index (χ1v) is 6.36. The van der Waals surface area contributed by atoms with E-state index in [0.717, 1.165) is 5.56 Å². The fourth-order valence-electron chi connectivity index (χ4n) is 2.40. The van der Waals surface area contributed by atoms with Gasteiger partial charge in [-0.15, -0.1) is 0 Å². The summed E-state index contributed by atoms with van der Waals surface area (Å²) in [6, 6.07) is 10.9. The minimum Gasteiger partial charge on any atom is -0.382 e. The molecule has 1 aromatic carbocycles. The van der Waals surface area contributed by atoms with Gasteiger partial charge in [-0.1, -0.05) is 30.3 Å². The zero-order valence-electron chi connectivity index (χ0n) is 10.6. The molecule has 2 rings (SSSR count). The summed E-state index contributed by atoms with van der Waals surface area (Å²) in [5.74, 6) is 0.617. The van der Waals surface area contributed by atoms with Crippen LogP contribution in [0.2, 0.25) is 0 Å². The van der Waals surface area contributed by atoms with Crippen LogP contribution in [0.3, 0.4) is 0 Å². The monoisotopic (exact) mass is 231 g/mol. The van der Waals surface area contributed by atoms with Crippen LogP contribution in [0.25, 0.3) is 0 Å². The van der Waals surface area contributed by atoms with E-state index in [1.165, 1.54) is 19.3 Å². The van der Waals surface area contributed by atoms with Crippen molar-refractivity contribution >= 4 is 5.84 Å². The lowest BCUT2D eigenvalue weighted by atomic mass is 10.00. The molecule has 0 aliphatic carbocycles. The number of amidine groups is 1. The fourth-order valence-corrected chi connectivity index (χ4v) is 2.40. The second-order valence-electron chi connectivity index (χ2n) is 4.86. The summed E-state index contributed by atoms with van der Waals surface area (Å²) in [5, 5.41) is 6.75. The van der Waals surface area contributed by atoms with Gasteiger partial charge in [0.25, 0.3) is 0 Å². The first-order valence-electron chi connectivity index (χ1n) is 6.36. The van der Waals surface area contributed by atoms with Crippen molar-refractivity contribution in [3.8, 4) is 0 Å². The quantitative estimate of drug-likeness (QED) is 0.628. The number of nitrogens with zero attached hydrogens (tertiary/aromatic N) is 2. The fraction of sp³-hybridized carbons (Fsp3) is 0.500. The highest BCUT2D eigenvalue weighted by molar-refractivity contribution is 5.97. The molecule has 1 fully saturated rings. The summed E-state index contributed by atoms with van der Waals surface area (Å²) in [6.45, 7) is 4.44. The Balaban J connectivity index is 2.17. The second-order valence-corrected chi connectivity index (χ2v) is 4.86. The average Bonchev–Trinajstić information content (AvgIpc) is 2.35. The zero-order chi connectivity index (χ0) is 12.3. The van der Waals surface area contributed by atoms with Gasteiger partial charge >= 0.3 is 0 Å². The lowest BCUT2D eigenvalue weighted by Gasteiger charge is -2.36. The molecule has 0 spiro atoms. The Bertz CT molecular complexity index is 376. The van der Waals surface area contributed by atoms with Crippen LogP contribution in [0.5, 0.6) is 0 Å². The Kier molecular flexibility index (Phi) is 3.67. The van der Waals surface area contributed by atoms with Crippen molar-refractivity contribution in [3.05, 3.63) is 35.9 Å². The molecule has 1 heterocycles. The summed E-state index contributed by atoms with van der Waals surface area (Å²) in [5.41, 5.74) is 7.06. The molecule has 1 saturated heterocycles. The molecular formula is C14H21N3. The predicted octanol–water partition coefficient (Wildman–Crippen LogP) is 2.57. The summed E-state index contributed by atoms with van der Waals surface area (Å²) in [7, 11) is 0. The van der Waals surface area contributed by atoms with Crippen LogP contribution in [-0.4, -0.2) is 22.9 Å². The number of hydrogen-bond donors (Lipinski definition) is 1. The van der Waals surface area contributed by atoms with Gasteiger partial charge in [0.2, 0.25) is 0 Å². The van der Waals surface area contributed by atoms with Gasteiger partial charge in [0, 0.05) is 17.6 Å². The van der Waals surface area contributed by atoms with E-state index in [1.807, 2.05) is 30.3 Å². The van der Waals surface area contributed by atoms with Gasteiger partial charge in [-0.25, -0.2) is 0 Å². The summed E-state index contributed by atoms with van der Waals surface area (Å²) in [6.07, 6.45) is 3.70. The van der Waals surface area contributed by atoms with E-state index in [9.17, 15) is 0 Å². The molecule has 0 radical (unpaired) electrons. The molecular weight excluding hydrogens is 210 g/mol. The normalized spacial score (nSPS) is 26.0. The van der Waals surface area contributed by atoms with E-state index in [2.05, 4.69) is 24.0 Å². The average molecular weight is 231 g/mol. The topological polar surface area (TPSA) is 41.6 Å². The number of piperidine rings is 1. The van der Waals surface area contributed by atoms with Crippen molar-refractivity contribution in [3.63, 3.8) is 0 Å². The maximum absolute atomic E-state index is 6.06. The SMILES string of the molecule is CC1CCCC(C)N1/N=C(\N)c1ccccc1. The van der Waals surface area contributed by atoms with Crippen LogP contribution in [-0.2, 0) is 0 Å². The van der Waals surface area contributed by atoms with Crippen LogP contribution >= 0.6 is 0 Å². The van der Waals surface area contributed by atoms with Crippen molar-refractivity contribution in [2.75, 3.05) is 0 Å². The lowest BCUT2D eigenvalue weighted by molar-refractivity contribution is 0.108. The molecule has 2 atom stereocenters. The molecule has 0 amide bonds. The molecule has 1 aliphatic heterocycles. The number of hydrogen-bond acceptors (Lipinski definition) is 2. The molecule has 3 nitrogen and oxygen atoms in total. The van der Waals surface area contributed by atoms with Gasteiger partial charge in [-0.3, -0.25) is 5.01 Å². The minimum absolute atomic E-state index is 0.487. The summed E-state index contributed by atoms with van der Waals surface area (Å²) < 4.78 is 0. The molecule has 2 N–H and O–H groups in total. The number of rotatable bonds is 2. The molecule has 0 bridgehead atoms. The first kappa shape index (κ1) is 12.0. The highest BCUT2D eigenvalue weighted by Gasteiger charge is 2.23.